The van der Waals surface area contributed by atoms with Gasteiger partial charge in [0.15, 0.2) is 0 Å². The molecular formula is C16H23N3O3S. The maximum absolute atomic E-state index is 12.4. The third-order valence-electron chi connectivity index (χ3n) is 4.81. The fourth-order valence-electron chi connectivity index (χ4n) is 3.35. The first kappa shape index (κ1) is 16.3. The van der Waals surface area contributed by atoms with Crippen molar-refractivity contribution >= 4 is 23.3 Å². The standard InChI is InChI=1S/C16H23N3O3S/c1-2-18(10-15(20)21)13-7-12(8-13)17-16(22)19-5-3-11-4-6-23-14(11)9-19/h4,6,12-13H,2-3,5,7-10H2,1H3,(H,17,22)(H,20,21). The van der Waals surface area contributed by atoms with Gasteiger partial charge in [-0.2, -0.15) is 0 Å². The average molecular weight is 337 g/mol. The molecule has 1 aromatic heterocycles. The van der Waals surface area contributed by atoms with Gasteiger partial charge < -0.3 is 15.3 Å². The average Bonchev–Trinajstić information content (AvgIpc) is 2.95. The van der Waals surface area contributed by atoms with E-state index in [1.165, 1.54) is 10.4 Å². The minimum Gasteiger partial charge on any atom is -0.480 e. The lowest BCUT2D eigenvalue weighted by molar-refractivity contribution is -0.139. The molecule has 0 saturated heterocycles. The molecule has 0 aromatic carbocycles. The van der Waals surface area contributed by atoms with Crippen LogP contribution < -0.4 is 5.32 Å². The molecule has 1 aliphatic carbocycles. The molecule has 1 aliphatic heterocycles. The summed E-state index contributed by atoms with van der Waals surface area (Å²) in [6, 6.07) is 2.59. The molecule has 2 heterocycles. The number of aliphatic carboxylic acids is 1. The molecule has 2 N–H and O–H groups in total. The van der Waals surface area contributed by atoms with Crippen LogP contribution in [0.15, 0.2) is 11.4 Å². The number of carbonyl (C=O) groups excluding carboxylic acids is 1. The first-order valence-electron chi connectivity index (χ1n) is 8.13. The monoisotopic (exact) mass is 337 g/mol. The summed E-state index contributed by atoms with van der Waals surface area (Å²) >= 11 is 1.71. The van der Waals surface area contributed by atoms with Crippen molar-refractivity contribution in [3.63, 3.8) is 0 Å². The second-order valence-corrected chi connectivity index (χ2v) is 7.27. The van der Waals surface area contributed by atoms with E-state index in [2.05, 4.69) is 16.8 Å². The number of amides is 2. The number of hydrogen-bond acceptors (Lipinski definition) is 4. The lowest BCUT2D eigenvalue weighted by atomic mass is 9.85. The summed E-state index contributed by atoms with van der Waals surface area (Å²) in [5, 5.41) is 14.1. The quantitative estimate of drug-likeness (QED) is 0.859. The Kier molecular flexibility index (Phi) is 4.87. The maximum Gasteiger partial charge on any atom is 0.317 e. The van der Waals surface area contributed by atoms with Gasteiger partial charge in [0.25, 0.3) is 0 Å². The Labute approximate surface area is 140 Å². The van der Waals surface area contributed by atoms with E-state index < -0.39 is 5.97 Å². The van der Waals surface area contributed by atoms with Crippen molar-refractivity contribution in [1.82, 2.24) is 15.1 Å². The van der Waals surface area contributed by atoms with Crippen LogP contribution in [-0.4, -0.2) is 58.6 Å². The molecule has 126 valence electrons. The minimum atomic E-state index is -0.792. The number of likely N-dealkylation sites (N-methyl/N-ethyl adjacent to an activating group) is 1. The van der Waals surface area contributed by atoms with Crippen LogP contribution in [0.2, 0.25) is 0 Å². The summed E-state index contributed by atoms with van der Waals surface area (Å²) in [5.41, 5.74) is 1.37. The lowest BCUT2D eigenvalue weighted by Gasteiger charge is -2.43. The molecule has 7 heteroatoms. The molecule has 0 unspecified atom stereocenters. The van der Waals surface area contributed by atoms with Gasteiger partial charge in [-0.1, -0.05) is 6.92 Å². The molecule has 6 nitrogen and oxygen atoms in total. The van der Waals surface area contributed by atoms with Crippen molar-refractivity contribution < 1.29 is 14.7 Å². The molecule has 0 spiro atoms. The molecule has 1 saturated carbocycles. The number of fused-ring (bicyclic) bond motifs is 1. The number of hydrogen-bond donors (Lipinski definition) is 2. The van der Waals surface area contributed by atoms with Crippen LogP contribution in [0.25, 0.3) is 0 Å². The highest BCUT2D eigenvalue weighted by Gasteiger charge is 2.35. The maximum atomic E-state index is 12.4. The Hall–Kier alpha value is -1.60. The molecule has 23 heavy (non-hydrogen) atoms. The zero-order chi connectivity index (χ0) is 16.4. The molecule has 0 bridgehead atoms. The van der Waals surface area contributed by atoms with Crippen molar-refractivity contribution in [3.05, 3.63) is 21.9 Å². The van der Waals surface area contributed by atoms with Gasteiger partial charge in [0, 0.05) is 23.5 Å². The molecule has 3 rings (SSSR count). The molecule has 0 radical (unpaired) electrons. The Morgan fingerprint density at radius 2 is 2.26 bits per heavy atom. The third kappa shape index (κ3) is 3.67. The van der Waals surface area contributed by atoms with Crippen molar-refractivity contribution in [2.24, 2.45) is 0 Å². The van der Waals surface area contributed by atoms with Crippen molar-refractivity contribution in [3.8, 4) is 0 Å². The van der Waals surface area contributed by atoms with Crippen LogP contribution in [0.3, 0.4) is 0 Å². The summed E-state index contributed by atoms with van der Waals surface area (Å²) in [6.07, 6.45) is 2.61. The molecule has 0 atom stereocenters. The van der Waals surface area contributed by atoms with E-state index in [4.69, 9.17) is 5.11 Å². The number of carboxylic acid groups (broad SMARTS) is 1. The number of carboxylic acids is 1. The predicted molar refractivity (Wildman–Crippen MR) is 88.7 cm³/mol. The van der Waals surface area contributed by atoms with Gasteiger partial charge in [-0.15, -0.1) is 11.3 Å². The molecule has 1 fully saturated rings. The van der Waals surface area contributed by atoms with E-state index in [-0.39, 0.29) is 24.7 Å². The Balaban J connectivity index is 1.45. The summed E-state index contributed by atoms with van der Waals surface area (Å²) < 4.78 is 0. The van der Waals surface area contributed by atoms with Crippen molar-refractivity contribution in [2.75, 3.05) is 19.6 Å². The smallest absolute Gasteiger partial charge is 0.317 e. The van der Waals surface area contributed by atoms with E-state index in [1.54, 1.807) is 11.3 Å². The number of rotatable bonds is 5. The van der Waals surface area contributed by atoms with Gasteiger partial charge in [0.05, 0.1) is 13.1 Å². The SMILES string of the molecule is CCN(CC(=O)O)C1CC(NC(=O)N2CCc3ccsc3C2)C1. The second-order valence-electron chi connectivity index (χ2n) is 6.27. The summed E-state index contributed by atoms with van der Waals surface area (Å²) in [5.74, 6) is -0.792. The fourth-order valence-corrected chi connectivity index (χ4v) is 4.30. The van der Waals surface area contributed by atoms with Crippen LogP contribution >= 0.6 is 11.3 Å². The summed E-state index contributed by atoms with van der Waals surface area (Å²) in [6.45, 7) is 4.25. The highest BCUT2D eigenvalue weighted by Crippen LogP contribution is 2.27. The zero-order valence-corrected chi connectivity index (χ0v) is 14.1. The van der Waals surface area contributed by atoms with Gasteiger partial charge >= 0.3 is 12.0 Å². The topological polar surface area (TPSA) is 72.9 Å². The van der Waals surface area contributed by atoms with Gasteiger partial charge in [0.1, 0.15) is 0 Å². The largest absolute Gasteiger partial charge is 0.480 e. The van der Waals surface area contributed by atoms with Gasteiger partial charge in [0.2, 0.25) is 0 Å². The highest BCUT2D eigenvalue weighted by atomic mass is 32.1. The van der Waals surface area contributed by atoms with Crippen molar-refractivity contribution in [1.29, 1.82) is 0 Å². The van der Waals surface area contributed by atoms with E-state index in [9.17, 15) is 9.59 Å². The fraction of sp³-hybridized carbons (Fsp3) is 0.625. The highest BCUT2D eigenvalue weighted by molar-refractivity contribution is 7.10. The zero-order valence-electron chi connectivity index (χ0n) is 13.3. The van der Waals surface area contributed by atoms with Crippen LogP contribution in [0.4, 0.5) is 4.79 Å². The number of carbonyl (C=O) groups is 2. The van der Waals surface area contributed by atoms with Crippen LogP contribution in [-0.2, 0) is 17.8 Å². The number of nitrogens with one attached hydrogen (secondary N) is 1. The van der Waals surface area contributed by atoms with Crippen LogP contribution in [0, 0.1) is 0 Å². The van der Waals surface area contributed by atoms with Gasteiger partial charge in [-0.3, -0.25) is 9.69 Å². The molecule has 1 aromatic rings. The molecule has 2 aliphatic rings. The summed E-state index contributed by atoms with van der Waals surface area (Å²) in [4.78, 5) is 28.3. The number of thiophene rings is 1. The predicted octanol–water partition coefficient (Wildman–Crippen LogP) is 1.75. The van der Waals surface area contributed by atoms with E-state index in [0.29, 0.717) is 6.54 Å². The first-order valence-corrected chi connectivity index (χ1v) is 9.01. The Morgan fingerprint density at radius 1 is 1.48 bits per heavy atom. The lowest BCUT2D eigenvalue weighted by Crippen LogP contribution is -2.57. The Morgan fingerprint density at radius 3 is 2.96 bits per heavy atom. The third-order valence-corrected chi connectivity index (χ3v) is 5.76. The van der Waals surface area contributed by atoms with Crippen LogP contribution in [0.1, 0.15) is 30.2 Å². The number of urea groups is 1. The van der Waals surface area contributed by atoms with E-state index >= 15 is 0 Å². The van der Waals surface area contributed by atoms with E-state index in [0.717, 1.165) is 32.4 Å². The minimum absolute atomic E-state index is 0.00813. The van der Waals surface area contributed by atoms with Crippen LogP contribution in [0.5, 0.6) is 0 Å². The Bertz CT molecular complexity index is 583. The summed E-state index contributed by atoms with van der Waals surface area (Å²) in [7, 11) is 0. The van der Waals surface area contributed by atoms with E-state index in [1.807, 2.05) is 16.7 Å². The van der Waals surface area contributed by atoms with Crippen molar-refractivity contribution in [2.45, 2.75) is 44.8 Å². The first-order chi connectivity index (χ1) is 11.1. The number of nitrogens with zero attached hydrogens (tertiary/aromatic N) is 2. The van der Waals surface area contributed by atoms with Gasteiger partial charge in [-0.25, -0.2) is 4.79 Å². The normalized spacial score (nSPS) is 23.3. The molecular weight excluding hydrogens is 314 g/mol. The van der Waals surface area contributed by atoms with Gasteiger partial charge in [-0.05, 0) is 42.8 Å². The second kappa shape index (κ2) is 6.88. The molecule has 2 amide bonds.